The van der Waals surface area contributed by atoms with Crippen molar-refractivity contribution in [2.24, 2.45) is 5.92 Å². The largest absolute Gasteiger partial charge is 0.396 e. The number of rotatable bonds is 7. The first-order chi connectivity index (χ1) is 6.27. The zero-order chi connectivity index (χ0) is 9.68. The van der Waals surface area contributed by atoms with E-state index in [1.807, 2.05) is 0 Å². The highest BCUT2D eigenvalue weighted by molar-refractivity contribution is 4.84. The lowest BCUT2D eigenvalue weighted by Crippen LogP contribution is -2.32. The summed E-state index contributed by atoms with van der Waals surface area (Å²) in [6.45, 7) is 7.00. The smallest absolute Gasteiger partial charge is 0.0468 e. The molecule has 0 amide bonds. The van der Waals surface area contributed by atoms with Crippen LogP contribution in [0.25, 0.3) is 0 Å². The van der Waals surface area contributed by atoms with Crippen molar-refractivity contribution in [1.29, 1.82) is 0 Å². The van der Waals surface area contributed by atoms with Crippen LogP contribution in [0.3, 0.4) is 0 Å². The van der Waals surface area contributed by atoms with Gasteiger partial charge in [-0.2, -0.15) is 0 Å². The highest BCUT2D eigenvalue weighted by Crippen LogP contribution is 2.27. The van der Waals surface area contributed by atoms with Crippen molar-refractivity contribution in [3.63, 3.8) is 0 Å². The van der Waals surface area contributed by atoms with Gasteiger partial charge in [-0.3, -0.25) is 0 Å². The van der Waals surface area contributed by atoms with E-state index >= 15 is 0 Å². The maximum Gasteiger partial charge on any atom is 0.0468 e. The molecule has 1 rings (SSSR count). The Balaban J connectivity index is 2.20. The van der Waals surface area contributed by atoms with Gasteiger partial charge in [0.1, 0.15) is 0 Å². The monoisotopic (exact) mass is 185 g/mol. The summed E-state index contributed by atoms with van der Waals surface area (Å²) < 4.78 is 0. The number of aliphatic hydroxyl groups is 1. The minimum absolute atomic E-state index is 0.329. The van der Waals surface area contributed by atoms with Crippen LogP contribution in [0.1, 0.15) is 39.5 Å². The molecule has 1 aliphatic rings. The molecule has 1 aliphatic carbocycles. The van der Waals surface area contributed by atoms with E-state index in [1.165, 1.54) is 32.2 Å². The molecule has 78 valence electrons. The van der Waals surface area contributed by atoms with E-state index in [1.54, 1.807) is 0 Å². The van der Waals surface area contributed by atoms with E-state index in [9.17, 15) is 0 Å². The first-order valence-electron chi connectivity index (χ1n) is 5.62. The number of hydrogen-bond donors (Lipinski definition) is 1. The van der Waals surface area contributed by atoms with Crippen LogP contribution in [0.15, 0.2) is 0 Å². The molecule has 0 heterocycles. The van der Waals surface area contributed by atoms with Gasteiger partial charge >= 0.3 is 0 Å². The second-order valence-corrected chi connectivity index (χ2v) is 4.37. The van der Waals surface area contributed by atoms with Crippen LogP contribution >= 0.6 is 0 Å². The molecule has 2 heteroatoms. The fraction of sp³-hybridized carbons (Fsp3) is 1.00. The van der Waals surface area contributed by atoms with Gasteiger partial charge in [-0.25, -0.2) is 0 Å². The van der Waals surface area contributed by atoms with Gasteiger partial charge in [0, 0.05) is 19.2 Å². The first kappa shape index (κ1) is 11.0. The Morgan fingerprint density at radius 3 is 2.62 bits per heavy atom. The summed E-state index contributed by atoms with van der Waals surface area (Å²) in [6, 6.07) is 0.848. The zero-order valence-electron chi connectivity index (χ0n) is 9.00. The number of aliphatic hydroxyl groups excluding tert-OH is 1. The maximum atomic E-state index is 8.98. The van der Waals surface area contributed by atoms with Crippen molar-refractivity contribution in [2.75, 3.05) is 19.7 Å². The van der Waals surface area contributed by atoms with Gasteiger partial charge in [0.05, 0.1) is 0 Å². The average Bonchev–Trinajstić information content (AvgIpc) is 2.94. The lowest BCUT2D eigenvalue weighted by Gasteiger charge is -2.24. The summed E-state index contributed by atoms with van der Waals surface area (Å²) in [5.74, 6) is 0.442. The standard InChI is InChI=1S/C11H23NO/c1-3-4-7-12(11-5-6-11)8-10(2)9-13/h10-11,13H,3-9H2,1-2H3. The highest BCUT2D eigenvalue weighted by Gasteiger charge is 2.28. The zero-order valence-corrected chi connectivity index (χ0v) is 9.00. The number of nitrogens with zero attached hydrogens (tertiary/aromatic N) is 1. The Hall–Kier alpha value is -0.0800. The van der Waals surface area contributed by atoms with Crippen molar-refractivity contribution in [2.45, 2.75) is 45.6 Å². The van der Waals surface area contributed by atoms with E-state index in [4.69, 9.17) is 5.11 Å². The molecule has 2 nitrogen and oxygen atoms in total. The summed E-state index contributed by atoms with van der Waals surface area (Å²) in [7, 11) is 0. The van der Waals surface area contributed by atoms with Gasteiger partial charge in [-0.15, -0.1) is 0 Å². The van der Waals surface area contributed by atoms with E-state index < -0.39 is 0 Å². The molecule has 0 aromatic heterocycles. The molecule has 1 N–H and O–H groups in total. The lowest BCUT2D eigenvalue weighted by atomic mass is 10.1. The Kier molecular flexibility index (Phi) is 4.74. The Morgan fingerprint density at radius 1 is 1.46 bits per heavy atom. The van der Waals surface area contributed by atoms with Crippen LogP contribution in [0, 0.1) is 5.92 Å². The topological polar surface area (TPSA) is 23.5 Å². The molecular formula is C11H23NO. The lowest BCUT2D eigenvalue weighted by molar-refractivity contribution is 0.166. The normalized spacial score (nSPS) is 19.4. The van der Waals surface area contributed by atoms with Crippen LogP contribution in [0.2, 0.25) is 0 Å². The molecule has 13 heavy (non-hydrogen) atoms. The summed E-state index contributed by atoms with van der Waals surface area (Å²) in [5, 5.41) is 8.98. The fourth-order valence-electron chi connectivity index (χ4n) is 1.68. The van der Waals surface area contributed by atoms with Gasteiger partial charge in [0.25, 0.3) is 0 Å². The summed E-state index contributed by atoms with van der Waals surface area (Å²) in [6.07, 6.45) is 5.33. The number of hydrogen-bond acceptors (Lipinski definition) is 2. The van der Waals surface area contributed by atoms with Crippen molar-refractivity contribution in [3.8, 4) is 0 Å². The predicted octanol–water partition coefficient (Wildman–Crippen LogP) is 1.88. The molecule has 0 bridgehead atoms. The quantitative estimate of drug-likeness (QED) is 0.654. The second kappa shape index (κ2) is 5.61. The Bertz CT molecular complexity index is 134. The van der Waals surface area contributed by atoms with Crippen LogP contribution in [0.4, 0.5) is 0 Å². The molecule has 1 unspecified atom stereocenters. The molecule has 0 saturated heterocycles. The van der Waals surface area contributed by atoms with Gasteiger partial charge in [0.15, 0.2) is 0 Å². The molecule has 1 atom stereocenters. The minimum Gasteiger partial charge on any atom is -0.396 e. The van der Waals surface area contributed by atoms with E-state index in [0.29, 0.717) is 12.5 Å². The third-order valence-electron chi connectivity index (χ3n) is 2.72. The predicted molar refractivity (Wildman–Crippen MR) is 55.8 cm³/mol. The van der Waals surface area contributed by atoms with Crippen LogP contribution in [0.5, 0.6) is 0 Å². The van der Waals surface area contributed by atoms with Gasteiger partial charge in [-0.1, -0.05) is 20.3 Å². The Labute approximate surface area is 81.9 Å². The molecular weight excluding hydrogens is 162 g/mol. The van der Waals surface area contributed by atoms with E-state index in [2.05, 4.69) is 18.7 Å². The molecule has 0 aliphatic heterocycles. The first-order valence-corrected chi connectivity index (χ1v) is 5.62. The van der Waals surface area contributed by atoms with Crippen molar-refractivity contribution in [1.82, 2.24) is 4.90 Å². The number of unbranched alkanes of at least 4 members (excludes halogenated alkanes) is 1. The molecule has 0 aromatic carbocycles. The van der Waals surface area contributed by atoms with Gasteiger partial charge < -0.3 is 10.0 Å². The van der Waals surface area contributed by atoms with Crippen molar-refractivity contribution >= 4 is 0 Å². The van der Waals surface area contributed by atoms with Crippen LogP contribution < -0.4 is 0 Å². The molecule has 0 aromatic rings. The highest BCUT2D eigenvalue weighted by atomic mass is 16.3. The third kappa shape index (κ3) is 4.10. The second-order valence-electron chi connectivity index (χ2n) is 4.37. The van der Waals surface area contributed by atoms with E-state index in [0.717, 1.165) is 12.6 Å². The fourth-order valence-corrected chi connectivity index (χ4v) is 1.68. The minimum atomic E-state index is 0.329. The van der Waals surface area contributed by atoms with Gasteiger partial charge in [0.2, 0.25) is 0 Å². The Morgan fingerprint density at radius 2 is 2.15 bits per heavy atom. The van der Waals surface area contributed by atoms with Crippen molar-refractivity contribution in [3.05, 3.63) is 0 Å². The SMILES string of the molecule is CCCCN(CC(C)CO)C1CC1. The van der Waals surface area contributed by atoms with E-state index in [-0.39, 0.29) is 0 Å². The molecule has 0 spiro atoms. The third-order valence-corrected chi connectivity index (χ3v) is 2.72. The molecule has 0 radical (unpaired) electrons. The summed E-state index contributed by atoms with van der Waals surface area (Å²) in [4.78, 5) is 2.56. The van der Waals surface area contributed by atoms with Crippen LogP contribution in [-0.2, 0) is 0 Å². The maximum absolute atomic E-state index is 8.98. The molecule has 1 saturated carbocycles. The molecule has 1 fully saturated rings. The average molecular weight is 185 g/mol. The van der Waals surface area contributed by atoms with Gasteiger partial charge in [-0.05, 0) is 31.7 Å². The van der Waals surface area contributed by atoms with Crippen LogP contribution in [-0.4, -0.2) is 35.7 Å². The van der Waals surface area contributed by atoms with Crippen molar-refractivity contribution < 1.29 is 5.11 Å². The summed E-state index contributed by atoms with van der Waals surface area (Å²) >= 11 is 0. The summed E-state index contributed by atoms with van der Waals surface area (Å²) in [5.41, 5.74) is 0.